The third-order valence-electron chi connectivity index (χ3n) is 4.19. The molecule has 1 heterocycles. The highest BCUT2D eigenvalue weighted by Gasteiger charge is 2.30. The van der Waals surface area contributed by atoms with Gasteiger partial charge in [0.2, 0.25) is 11.8 Å². The van der Waals surface area contributed by atoms with Gasteiger partial charge in [0.25, 0.3) is 11.1 Å². The van der Waals surface area contributed by atoms with E-state index in [0.29, 0.717) is 0 Å². The Labute approximate surface area is 171 Å². The standard InChI is InChI=1S/C19H16F3N5O4/c20-19(21,22)10-3-1-4-11(7-10)23-8-14(28)24-9-15(29)25-13-6-2-5-12-16(13)18(31)27-26-17(12)30/h1-7,23H,8-9H2,(H,24,28)(H,25,29)(H,26,30)(H,27,31). The maximum Gasteiger partial charge on any atom is 0.416 e. The van der Waals surface area contributed by atoms with E-state index in [1.165, 1.54) is 30.3 Å². The number of hydrogen-bond acceptors (Lipinski definition) is 5. The lowest BCUT2D eigenvalue weighted by atomic mass is 10.1. The number of H-pyrrole nitrogens is 2. The number of nitrogens with one attached hydrogen (secondary N) is 5. The highest BCUT2D eigenvalue weighted by Crippen LogP contribution is 2.30. The molecule has 2 aromatic carbocycles. The molecule has 3 rings (SSSR count). The lowest BCUT2D eigenvalue weighted by Crippen LogP contribution is -2.36. The molecular weight excluding hydrogens is 419 g/mol. The van der Waals surface area contributed by atoms with E-state index in [4.69, 9.17) is 0 Å². The minimum atomic E-state index is -4.51. The Morgan fingerprint density at radius 2 is 1.61 bits per heavy atom. The van der Waals surface area contributed by atoms with Crippen LogP contribution in [0.2, 0.25) is 0 Å². The number of aromatic amines is 2. The molecule has 0 aliphatic rings. The smallest absolute Gasteiger partial charge is 0.376 e. The lowest BCUT2D eigenvalue weighted by Gasteiger charge is -2.11. The first-order valence-electron chi connectivity index (χ1n) is 8.86. The predicted molar refractivity (Wildman–Crippen MR) is 107 cm³/mol. The Balaban J connectivity index is 1.57. The molecule has 162 valence electrons. The third kappa shape index (κ3) is 5.29. The molecule has 31 heavy (non-hydrogen) atoms. The van der Waals surface area contributed by atoms with Crippen molar-refractivity contribution in [3.8, 4) is 0 Å². The van der Waals surface area contributed by atoms with Gasteiger partial charge in [0.15, 0.2) is 0 Å². The molecule has 9 nitrogen and oxygen atoms in total. The lowest BCUT2D eigenvalue weighted by molar-refractivity contribution is -0.137. The first-order chi connectivity index (χ1) is 14.6. The number of rotatable bonds is 6. The molecule has 5 N–H and O–H groups in total. The first kappa shape index (κ1) is 21.6. The molecule has 0 saturated carbocycles. The van der Waals surface area contributed by atoms with E-state index >= 15 is 0 Å². The summed E-state index contributed by atoms with van der Waals surface area (Å²) in [5, 5.41) is 11.7. The summed E-state index contributed by atoms with van der Waals surface area (Å²) in [5.41, 5.74) is -1.83. The number of halogens is 3. The number of carbonyl (C=O) groups excluding carboxylic acids is 2. The van der Waals surface area contributed by atoms with Crippen molar-refractivity contribution in [3.05, 3.63) is 68.7 Å². The molecule has 1 aromatic heterocycles. The number of anilines is 2. The highest BCUT2D eigenvalue weighted by molar-refractivity contribution is 6.02. The van der Waals surface area contributed by atoms with Crippen molar-refractivity contribution >= 4 is 34.0 Å². The molecule has 0 radical (unpaired) electrons. The normalized spacial score (nSPS) is 11.2. The van der Waals surface area contributed by atoms with E-state index in [1.807, 2.05) is 0 Å². The fourth-order valence-corrected chi connectivity index (χ4v) is 2.76. The van der Waals surface area contributed by atoms with Crippen LogP contribution in [-0.4, -0.2) is 35.1 Å². The second-order valence-electron chi connectivity index (χ2n) is 6.39. The van der Waals surface area contributed by atoms with Crippen LogP contribution in [0, 0.1) is 0 Å². The zero-order chi connectivity index (χ0) is 22.6. The van der Waals surface area contributed by atoms with Gasteiger partial charge >= 0.3 is 6.18 Å². The van der Waals surface area contributed by atoms with Crippen LogP contribution < -0.4 is 27.1 Å². The van der Waals surface area contributed by atoms with E-state index in [2.05, 4.69) is 26.1 Å². The number of fused-ring (bicyclic) bond motifs is 1. The molecule has 12 heteroatoms. The molecule has 0 unspecified atom stereocenters. The van der Waals surface area contributed by atoms with Crippen molar-refractivity contribution in [1.29, 1.82) is 0 Å². The molecule has 0 aliphatic carbocycles. The Morgan fingerprint density at radius 3 is 2.35 bits per heavy atom. The molecule has 0 saturated heterocycles. The SMILES string of the molecule is O=C(CNc1cccc(C(F)(F)F)c1)NCC(=O)Nc1cccc2c(=O)[nH][nH]c(=O)c12. The van der Waals surface area contributed by atoms with Crippen LogP contribution in [0.15, 0.2) is 52.1 Å². The fourth-order valence-electron chi connectivity index (χ4n) is 2.76. The third-order valence-corrected chi connectivity index (χ3v) is 4.19. The number of hydrogen-bond donors (Lipinski definition) is 5. The largest absolute Gasteiger partial charge is 0.416 e. The van der Waals surface area contributed by atoms with Crippen molar-refractivity contribution in [2.45, 2.75) is 6.18 Å². The van der Waals surface area contributed by atoms with Gasteiger partial charge in [0.05, 0.1) is 35.1 Å². The van der Waals surface area contributed by atoms with Gasteiger partial charge < -0.3 is 16.0 Å². The van der Waals surface area contributed by atoms with Crippen LogP contribution in [0.25, 0.3) is 10.8 Å². The Morgan fingerprint density at radius 1 is 0.903 bits per heavy atom. The number of aromatic nitrogens is 2. The second-order valence-corrected chi connectivity index (χ2v) is 6.39. The topological polar surface area (TPSA) is 136 Å². The van der Waals surface area contributed by atoms with E-state index in [9.17, 15) is 32.3 Å². The second kappa shape index (κ2) is 8.73. The van der Waals surface area contributed by atoms with E-state index < -0.39 is 41.2 Å². The van der Waals surface area contributed by atoms with Crippen molar-refractivity contribution in [1.82, 2.24) is 15.5 Å². The molecule has 3 aromatic rings. The van der Waals surface area contributed by atoms with E-state index in [-0.39, 0.29) is 28.7 Å². The zero-order valence-corrected chi connectivity index (χ0v) is 15.7. The summed E-state index contributed by atoms with van der Waals surface area (Å²) in [6, 6.07) is 8.65. The van der Waals surface area contributed by atoms with E-state index in [1.54, 1.807) is 0 Å². The predicted octanol–water partition coefficient (Wildman–Crippen LogP) is 1.40. The summed E-state index contributed by atoms with van der Waals surface area (Å²) in [6.07, 6.45) is -4.51. The average molecular weight is 435 g/mol. The first-order valence-corrected chi connectivity index (χ1v) is 8.86. The van der Waals surface area contributed by atoms with Gasteiger partial charge in [-0.05, 0) is 30.3 Å². The Hall–Kier alpha value is -4.09. The molecule has 2 amide bonds. The summed E-state index contributed by atoms with van der Waals surface area (Å²) < 4.78 is 38.1. The summed E-state index contributed by atoms with van der Waals surface area (Å²) in [5.74, 6) is -1.31. The van der Waals surface area contributed by atoms with Gasteiger partial charge in [-0.3, -0.25) is 29.4 Å². The monoisotopic (exact) mass is 435 g/mol. The molecule has 0 bridgehead atoms. The quantitative estimate of drug-likeness (QED) is 0.399. The summed E-state index contributed by atoms with van der Waals surface area (Å²) in [6.45, 7) is -0.821. The van der Waals surface area contributed by atoms with Crippen LogP contribution in [0.5, 0.6) is 0 Å². The number of amides is 2. The number of alkyl halides is 3. The van der Waals surface area contributed by atoms with Gasteiger partial charge in [0.1, 0.15) is 0 Å². The van der Waals surface area contributed by atoms with Crippen LogP contribution in [0.4, 0.5) is 24.5 Å². The van der Waals surface area contributed by atoms with Gasteiger partial charge in [-0.25, -0.2) is 0 Å². The summed E-state index contributed by atoms with van der Waals surface area (Å²) in [7, 11) is 0. The van der Waals surface area contributed by atoms with Crippen molar-refractivity contribution in [2.24, 2.45) is 0 Å². The molecule has 0 fully saturated rings. The Bertz CT molecular complexity index is 1250. The Kier molecular flexibility index (Phi) is 6.09. The fraction of sp³-hybridized carbons (Fsp3) is 0.158. The summed E-state index contributed by atoms with van der Waals surface area (Å²) >= 11 is 0. The number of benzene rings is 2. The summed E-state index contributed by atoms with van der Waals surface area (Å²) in [4.78, 5) is 47.8. The molecule has 0 aliphatic heterocycles. The molecular formula is C19H16F3N5O4. The number of carbonyl (C=O) groups is 2. The molecule has 0 spiro atoms. The van der Waals surface area contributed by atoms with Gasteiger partial charge in [0, 0.05) is 5.69 Å². The van der Waals surface area contributed by atoms with Gasteiger partial charge in [-0.15, -0.1) is 0 Å². The van der Waals surface area contributed by atoms with Gasteiger partial charge in [-0.2, -0.15) is 13.2 Å². The van der Waals surface area contributed by atoms with Crippen LogP contribution in [0.1, 0.15) is 5.56 Å². The average Bonchev–Trinajstić information content (AvgIpc) is 2.73. The zero-order valence-electron chi connectivity index (χ0n) is 15.7. The van der Waals surface area contributed by atoms with Crippen molar-refractivity contribution in [2.75, 3.05) is 23.7 Å². The maximum absolute atomic E-state index is 12.7. The highest BCUT2D eigenvalue weighted by atomic mass is 19.4. The van der Waals surface area contributed by atoms with Crippen LogP contribution >= 0.6 is 0 Å². The van der Waals surface area contributed by atoms with Crippen molar-refractivity contribution < 1.29 is 22.8 Å². The minimum absolute atomic E-state index is 0.0165. The van der Waals surface area contributed by atoms with Crippen LogP contribution in [-0.2, 0) is 15.8 Å². The maximum atomic E-state index is 12.7. The van der Waals surface area contributed by atoms with E-state index in [0.717, 1.165) is 12.1 Å². The van der Waals surface area contributed by atoms with Crippen molar-refractivity contribution in [3.63, 3.8) is 0 Å². The van der Waals surface area contributed by atoms with Crippen LogP contribution in [0.3, 0.4) is 0 Å². The molecule has 0 atom stereocenters. The van der Waals surface area contributed by atoms with Gasteiger partial charge in [-0.1, -0.05) is 12.1 Å². The minimum Gasteiger partial charge on any atom is -0.376 e.